The fourth-order valence-corrected chi connectivity index (χ4v) is 4.07. The molecule has 4 rings (SSSR count). The topological polar surface area (TPSA) is 58.9 Å². The minimum absolute atomic E-state index is 0.0529. The Labute approximate surface area is 159 Å². The fraction of sp³-hybridized carbons (Fsp3) is 0.429. The Morgan fingerprint density at radius 2 is 1.89 bits per heavy atom. The van der Waals surface area contributed by atoms with Gasteiger partial charge in [0.1, 0.15) is 0 Å². The van der Waals surface area contributed by atoms with E-state index in [0.717, 1.165) is 42.0 Å². The van der Waals surface area contributed by atoms with E-state index < -0.39 is 0 Å². The third-order valence-electron chi connectivity index (χ3n) is 5.66. The zero-order chi connectivity index (χ0) is 19.0. The molecule has 0 bridgehead atoms. The molecule has 2 heterocycles. The summed E-state index contributed by atoms with van der Waals surface area (Å²) in [4.78, 5) is 15.3. The summed E-state index contributed by atoms with van der Waals surface area (Å²) in [6.45, 7) is 3.38. The molecule has 6 nitrogen and oxygen atoms in total. The molecule has 0 amide bonds. The summed E-state index contributed by atoms with van der Waals surface area (Å²) in [5.41, 5.74) is 6.60. The molecule has 0 fully saturated rings. The van der Waals surface area contributed by atoms with Crippen LogP contribution in [0.4, 0.5) is 0 Å². The maximum atomic E-state index is 13.1. The first-order chi connectivity index (χ1) is 13.1. The summed E-state index contributed by atoms with van der Waals surface area (Å²) in [6, 6.07) is 9.80. The van der Waals surface area contributed by atoms with E-state index in [-0.39, 0.29) is 5.56 Å². The van der Waals surface area contributed by atoms with Crippen molar-refractivity contribution < 1.29 is 0 Å². The van der Waals surface area contributed by atoms with Gasteiger partial charge >= 0.3 is 0 Å². The van der Waals surface area contributed by atoms with Crippen LogP contribution in [-0.4, -0.2) is 31.5 Å². The molecule has 0 saturated carbocycles. The van der Waals surface area contributed by atoms with Gasteiger partial charge in [0.05, 0.1) is 16.9 Å². The van der Waals surface area contributed by atoms with E-state index in [1.54, 1.807) is 4.68 Å². The van der Waals surface area contributed by atoms with Gasteiger partial charge in [-0.1, -0.05) is 18.2 Å². The molecular formula is C21H27N5O. The molecule has 0 unspecified atom stereocenters. The van der Waals surface area contributed by atoms with Crippen LogP contribution >= 0.6 is 0 Å². The van der Waals surface area contributed by atoms with Gasteiger partial charge in [-0.15, -0.1) is 0 Å². The number of fused-ring (bicyclic) bond motifs is 1. The van der Waals surface area contributed by atoms with Crippen LogP contribution in [0.25, 0.3) is 5.69 Å². The first-order valence-electron chi connectivity index (χ1n) is 9.62. The molecule has 0 radical (unpaired) electrons. The van der Waals surface area contributed by atoms with Gasteiger partial charge in [-0.2, -0.15) is 5.10 Å². The lowest BCUT2D eigenvalue weighted by molar-refractivity contribution is 0.312. The van der Waals surface area contributed by atoms with Crippen molar-refractivity contribution in [1.82, 2.24) is 24.5 Å². The summed E-state index contributed by atoms with van der Waals surface area (Å²) < 4.78 is 3.69. The average Bonchev–Trinajstić information content (AvgIpc) is 3.17. The fourth-order valence-electron chi connectivity index (χ4n) is 4.07. The van der Waals surface area contributed by atoms with Gasteiger partial charge in [-0.3, -0.25) is 19.5 Å². The number of nitrogens with one attached hydrogen (secondary N) is 1. The molecular weight excluding hydrogens is 338 g/mol. The smallest absolute Gasteiger partial charge is 0.276 e. The Morgan fingerprint density at radius 3 is 2.67 bits per heavy atom. The second-order valence-corrected chi connectivity index (χ2v) is 7.55. The third kappa shape index (κ3) is 3.25. The van der Waals surface area contributed by atoms with Crippen molar-refractivity contribution in [3.8, 4) is 5.69 Å². The third-order valence-corrected chi connectivity index (χ3v) is 5.66. The number of nitrogens with zero attached hydrogens (tertiary/aromatic N) is 4. The van der Waals surface area contributed by atoms with Crippen molar-refractivity contribution >= 4 is 0 Å². The van der Waals surface area contributed by atoms with Crippen molar-refractivity contribution in [3.05, 3.63) is 68.9 Å². The van der Waals surface area contributed by atoms with Crippen LogP contribution in [0.3, 0.4) is 0 Å². The summed E-state index contributed by atoms with van der Waals surface area (Å²) in [5.74, 6) is 0. The van der Waals surface area contributed by atoms with Crippen molar-refractivity contribution in [3.63, 3.8) is 0 Å². The van der Waals surface area contributed by atoms with E-state index >= 15 is 0 Å². The monoisotopic (exact) mass is 365 g/mol. The Hall–Kier alpha value is -2.60. The second-order valence-electron chi connectivity index (χ2n) is 7.55. The van der Waals surface area contributed by atoms with Crippen LogP contribution in [0, 0.1) is 6.92 Å². The lowest BCUT2D eigenvalue weighted by Crippen LogP contribution is -2.25. The predicted octanol–water partition coefficient (Wildman–Crippen LogP) is 2.72. The SMILES string of the molecule is Cc1c(CN(C)Cc2n[nH]c3c2CCCC3)c(=O)n(-c2ccccc2)n1C. The van der Waals surface area contributed by atoms with E-state index in [1.165, 1.54) is 24.1 Å². The zero-order valence-electron chi connectivity index (χ0n) is 16.3. The highest BCUT2D eigenvalue weighted by molar-refractivity contribution is 5.33. The quantitative estimate of drug-likeness (QED) is 0.756. The summed E-state index contributed by atoms with van der Waals surface area (Å²) in [6.07, 6.45) is 4.70. The molecule has 27 heavy (non-hydrogen) atoms. The van der Waals surface area contributed by atoms with Gasteiger partial charge in [0, 0.05) is 31.5 Å². The Balaban J connectivity index is 1.58. The van der Waals surface area contributed by atoms with Gasteiger partial charge in [0.25, 0.3) is 5.56 Å². The number of rotatable bonds is 5. The van der Waals surface area contributed by atoms with E-state index in [2.05, 4.69) is 22.1 Å². The Bertz CT molecular complexity index is 996. The summed E-state index contributed by atoms with van der Waals surface area (Å²) in [7, 11) is 4.00. The highest BCUT2D eigenvalue weighted by Crippen LogP contribution is 2.23. The van der Waals surface area contributed by atoms with Crippen LogP contribution in [0.15, 0.2) is 35.1 Å². The van der Waals surface area contributed by atoms with Crippen LogP contribution in [0.5, 0.6) is 0 Å². The molecule has 1 N–H and O–H groups in total. The van der Waals surface area contributed by atoms with Crippen LogP contribution in [0.2, 0.25) is 0 Å². The highest BCUT2D eigenvalue weighted by Gasteiger charge is 2.20. The molecule has 3 aromatic rings. The van der Waals surface area contributed by atoms with Crippen LogP contribution < -0.4 is 5.56 Å². The predicted molar refractivity (Wildman–Crippen MR) is 106 cm³/mol. The van der Waals surface area contributed by atoms with E-state index in [9.17, 15) is 4.79 Å². The minimum Gasteiger partial charge on any atom is -0.296 e. The molecule has 0 atom stereocenters. The minimum atomic E-state index is 0.0529. The number of H-pyrrole nitrogens is 1. The molecule has 0 saturated heterocycles. The molecule has 142 valence electrons. The second kappa shape index (κ2) is 7.19. The van der Waals surface area contributed by atoms with Gasteiger partial charge in [0.2, 0.25) is 0 Å². The maximum absolute atomic E-state index is 13.1. The normalized spacial score (nSPS) is 13.9. The number of aryl methyl sites for hydroxylation is 1. The summed E-state index contributed by atoms with van der Waals surface area (Å²) in [5, 5.41) is 7.75. The van der Waals surface area contributed by atoms with Crippen molar-refractivity contribution in [2.45, 2.75) is 45.7 Å². The van der Waals surface area contributed by atoms with Crippen LogP contribution in [-0.2, 0) is 33.0 Å². The van der Waals surface area contributed by atoms with E-state index in [0.29, 0.717) is 6.54 Å². The number of hydrogen-bond donors (Lipinski definition) is 1. The largest absolute Gasteiger partial charge is 0.296 e. The van der Waals surface area contributed by atoms with Crippen molar-refractivity contribution in [1.29, 1.82) is 0 Å². The van der Waals surface area contributed by atoms with Gasteiger partial charge in [-0.05, 0) is 57.4 Å². The number of para-hydroxylation sites is 1. The van der Waals surface area contributed by atoms with Crippen molar-refractivity contribution in [2.24, 2.45) is 7.05 Å². The average molecular weight is 365 g/mol. The van der Waals surface area contributed by atoms with Crippen molar-refractivity contribution in [2.75, 3.05) is 7.05 Å². The Morgan fingerprint density at radius 1 is 1.15 bits per heavy atom. The molecule has 1 aliphatic rings. The molecule has 1 aromatic carbocycles. The van der Waals surface area contributed by atoms with E-state index in [1.807, 2.05) is 49.0 Å². The molecule has 0 aliphatic heterocycles. The van der Waals surface area contributed by atoms with Crippen LogP contribution in [0.1, 0.15) is 41.1 Å². The molecule has 1 aliphatic carbocycles. The summed E-state index contributed by atoms with van der Waals surface area (Å²) >= 11 is 0. The van der Waals surface area contributed by atoms with Gasteiger partial charge < -0.3 is 0 Å². The Kier molecular flexibility index (Phi) is 4.74. The number of aromatic amines is 1. The highest BCUT2D eigenvalue weighted by atomic mass is 16.1. The number of benzene rings is 1. The molecule has 2 aromatic heterocycles. The van der Waals surface area contributed by atoms with Gasteiger partial charge in [-0.25, -0.2) is 4.68 Å². The molecule has 0 spiro atoms. The molecule has 6 heteroatoms. The van der Waals surface area contributed by atoms with E-state index in [4.69, 9.17) is 0 Å². The number of hydrogen-bond acceptors (Lipinski definition) is 3. The first-order valence-corrected chi connectivity index (χ1v) is 9.62. The zero-order valence-corrected chi connectivity index (χ0v) is 16.3. The number of aromatic nitrogens is 4. The maximum Gasteiger partial charge on any atom is 0.276 e. The standard InChI is InChI=1S/C21H27N5O/c1-15-18(21(27)26(25(15)3)16-9-5-4-6-10-16)13-24(2)14-20-17-11-7-8-12-19(17)22-23-20/h4-6,9-10H,7-8,11-14H2,1-3H3,(H,22,23). The first kappa shape index (κ1) is 17.8. The lowest BCUT2D eigenvalue weighted by atomic mass is 9.96. The van der Waals surface area contributed by atoms with Gasteiger partial charge in [0.15, 0.2) is 0 Å². The lowest BCUT2D eigenvalue weighted by Gasteiger charge is -2.17.